The van der Waals surface area contributed by atoms with Crippen LogP contribution >= 0.6 is 0 Å². The highest BCUT2D eigenvalue weighted by Crippen LogP contribution is 2.30. The van der Waals surface area contributed by atoms with Crippen molar-refractivity contribution in [2.75, 3.05) is 23.9 Å². The van der Waals surface area contributed by atoms with E-state index in [-0.39, 0.29) is 0 Å². The highest BCUT2D eigenvalue weighted by atomic mass is 15.1. The summed E-state index contributed by atoms with van der Waals surface area (Å²) in [5.41, 5.74) is 2.76. The van der Waals surface area contributed by atoms with E-state index in [1.165, 1.54) is 75.6 Å². The molecule has 0 aliphatic heterocycles. The SMILES string of the molecule is CN(c1ccc(N(C)C2CCCCC2)cc1)C1CCCCC1. The van der Waals surface area contributed by atoms with Gasteiger partial charge in [0.1, 0.15) is 0 Å². The van der Waals surface area contributed by atoms with E-state index in [0.717, 1.165) is 12.1 Å². The van der Waals surface area contributed by atoms with E-state index >= 15 is 0 Å². The fraction of sp³-hybridized carbons (Fsp3) is 0.700. The number of anilines is 2. The Morgan fingerprint density at radius 3 is 1.23 bits per heavy atom. The van der Waals surface area contributed by atoms with Gasteiger partial charge in [-0.25, -0.2) is 0 Å². The number of hydrogen-bond acceptors (Lipinski definition) is 2. The van der Waals surface area contributed by atoms with Gasteiger partial charge in [-0.15, -0.1) is 0 Å². The first-order valence-corrected chi connectivity index (χ1v) is 9.31. The summed E-state index contributed by atoms with van der Waals surface area (Å²) in [6, 6.07) is 10.8. The Labute approximate surface area is 136 Å². The number of hydrogen-bond donors (Lipinski definition) is 0. The molecule has 0 N–H and O–H groups in total. The summed E-state index contributed by atoms with van der Waals surface area (Å²) in [6.07, 6.45) is 13.9. The van der Waals surface area contributed by atoms with Crippen LogP contribution in [-0.4, -0.2) is 26.2 Å². The molecule has 2 nitrogen and oxygen atoms in total. The van der Waals surface area contributed by atoms with Crippen molar-refractivity contribution in [3.05, 3.63) is 24.3 Å². The molecule has 2 aliphatic rings. The predicted octanol–water partition coefficient (Wildman–Crippen LogP) is 5.22. The first kappa shape index (κ1) is 15.7. The van der Waals surface area contributed by atoms with E-state index in [4.69, 9.17) is 0 Å². The maximum Gasteiger partial charge on any atom is 0.0367 e. The van der Waals surface area contributed by atoms with Crippen LogP contribution in [0.3, 0.4) is 0 Å². The monoisotopic (exact) mass is 300 g/mol. The van der Waals surface area contributed by atoms with E-state index in [2.05, 4.69) is 48.2 Å². The van der Waals surface area contributed by atoms with Crippen molar-refractivity contribution in [2.45, 2.75) is 76.3 Å². The van der Waals surface area contributed by atoms with Crippen LogP contribution in [0, 0.1) is 0 Å². The fourth-order valence-electron chi connectivity index (χ4n) is 4.28. The standard InChI is InChI=1S/C20H32N2/c1-21(17-9-5-3-6-10-17)19-13-15-20(16-14-19)22(2)18-11-7-4-8-12-18/h13-18H,3-12H2,1-2H3. The molecule has 0 heterocycles. The largest absolute Gasteiger partial charge is 0.372 e. The maximum atomic E-state index is 2.50. The van der Waals surface area contributed by atoms with Gasteiger partial charge in [0.05, 0.1) is 0 Å². The van der Waals surface area contributed by atoms with E-state index in [1.807, 2.05) is 0 Å². The Balaban J connectivity index is 1.63. The number of rotatable bonds is 4. The van der Waals surface area contributed by atoms with Crippen molar-refractivity contribution < 1.29 is 0 Å². The van der Waals surface area contributed by atoms with Crippen LogP contribution in [0.15, 0.2) is 24.3 Å². The Hall–Kier alpha value is -1.18. The predicted molar refractivity (Wildman–Crippen MR) is 97.0 cm³/mol. The van der Waals surface area contributed by atoms with Crippen molar-refractivity contribution in [1.29, 1.82) is 0 Å². The van der Waals surface area contributed by atoms with Crippen LogP contribution in [0.4, 0.5) is 11.4 Å². The third-order valence-corrected chi connectivity index (χ3v) is 5.91. The minimum Gasteiger partial charge on any atom is -0.372 e. The van der Waals surface area contributed by atoms with Gasteiger partial charge in [-0.2, -0.15) is 0 Å². The molecule has 122 valence electrons. The molecule has 2 fully saturated rings. The van der Waals surface area contributed by atoms with E-state index in [9.17, 15) is 0 Å². The second-order valence-electron chi connectivity index (χ2n) is 7.32. The molecular weight excluding hydrogens is 268 g/mol. The van der Waals surface area contributed by atoms with Gasteiger partial charge < -0.3 is 9.80 Å². The Kier molecular flexibility index (Phi) is 5.28. The van der Waals surface area contributed by atoms with E-state index in [1.54, 1.807) is 0 Å². The molecule has 2 heteroatoms. The molecule has 0 spiro atoms. The van der Waals surface area contributed by atoms with Gasteiger partial charge in [-0.05, 0) is 49.9 Å². The Morgan fingerprint density at radius 2 is 0.909 bits per heavy atom. The number of benzene rings is 1. The molecular formula is C20H32N2. The van der Waals surface area contributed by atoms with Gasteiger partial charge in [0.25, 0.3) is 0 Å². The highest BCUT2D eigenvalue weighted by molar-refractivity contribution is 5.56. The minimum absolute atomic E-state index is 0.746. The lowest BCUT2D eigenvalue weighted by Crippen LogP contribution is -2.34. The topological polar surface area (TPSA) is 6.48 Å². The summed E-state index contributed by atoms with van der Waals surface area (Å²) < 4.78 is 0. The molecule has 1 aromatic carbocycles. The smallest absolute Gasteiger partial charge is 0.0367 e. The van der Waals surface area contributed by atoms with Crippen molar-refractivity contribution in [3.8, 4) is 0 Å². The lowest BCUT2D eigenvalue weighted by molar-refractivity contribution is 0.426. The van der Waals surface area contributed by atoms with Gasteiger partial charge >= 0.3 is 0 Å². The van der Waals surface area contributed by atoms with E-state index in [0.29, 0.717) is 0 Å². The molecule has 1 aromatic rings. The molecule has 2 saturated carbocycles. The molecule has 22 heavy (non-hydrogen) atoms. The first-order valence-electron chi connectivity index (χ1n) is 9.31. The van der Waals surface area contributed by atoms with Crippen LogP contribution < -0.4 is 9.80 Å². The van der Waals surface area contributed by atoms with Gasteiger partial charge in [-0.1, -0.05) is 38.5 Å². The molecule has 0 amide bonds. The third-order valence-electron chi connectivity index (χ3n) is 5.91. The van der Waals surface area contributed by atoms with Crippen molar-refractivity contribution in [3.63, 3.8) is 0 Å². The van der Waals surface area contributed by atoms with Crippen LogP contribution in [-0.2, 0) is 0 Å². The lowest BCUT2D eigenvalue weighted by Gasteiger charge is -2.35. The normalized spacial score (nSPS) is 20.8. The summed E-state index contributed by atoms with van der Waals surface area (Å²) >= 11 is 0. The molecule has 0 atom stereocenters. The zero-order valence-electron chi connectivity index (χ0n) is 14.4. The quantitative estimate of drug-likeness (QED) is 0.751. The van der Waals surface area contributed by atoms with Crippen molar-refractivity contribution in [1.82, 2.24) is 0 Å². The first-order chi connectivity index (χ1) is 10.8. The molecule has 0 bridgehead atoms. The third kappa shape index (κ3) is 3.59. The Bertz CT molecular complexity index is 398. The van der Waals surface area contributed by atoms with Crippen molar-refractivity contribution >= 4 is 11.4 Å². The fourth-order valence-corrected chi connectivity index (χ4v) is 4.28. The zero-order valence-corrected chi connectivity index (χ0v) is 14.4. The van der Waals surface area contributed by atoms with Gasteiger partial charge in [0.2, 0.25) is 0 Å². The van der Waals surface area contributed by atoms with Crippen LogP contribution in [0.5, 0.6) is 0 Å². The highest BCUT2D eigenvalue weighted by Gasteiger charge is 2.20. The average Bonchev–Trinajstić information content (AvgIpc) is 2.62. The van der Waals surface area contributed by atoms with Crippen LogP contribution in [0.2, 0.25) is 0 Å². The summed E-state index contributed by atoms with van der Waals surface area (Å²) in [4.78, 5) is 5.01. The minimum atomic E-state index is 0.746. The average molecular weight is 300 g/mol. The van der Waals surface area contributed by atoms with Crippen molar-refractivity contribution in [2.24, 2.45) is 0 Å². The second kappa shape index (κ2) is 7.39. The van der Waals surface area contributed by atoms with Gasteiger partial charge in [0, 0.05) is 37.6 Å². The number of nitrogens with zero attached hydrogens (tertiary/aromatic N) is 2. The summed E-state index contributed by atoms with van der Waals surface area (Å²) in [5, 5.41) is 0. The van der Waals surface area contributed by atoms with E-state index < -0.39 is 0 Å². The summed E-state index contributed by atoms with van der Waals surface area (Å²) in [7, 11) is 4.55. The molecule has 0 radical (unpaired) electrons. The van der Waals surface area contributed by atoms with Crippen LogP contribution in [0.25, 0.3) is 0 Å². The summed E-state index contributed by atoms with van der Waals surface area (Å²) in [5.74, 6) is 0. The molecule has 0 unspecified atom stereocenters. The second-order valence-corrected chi connectivity index (χ2v) is 7.32. The molecule has 0 aromatic heterocycles. The lowest BCUT2D eigenvalue weighted by atomic mass is 9.93. The maximum absolute atomic E-state index is 2.50. The van der Waals surface area contributed by atoms with Crippen LogP contribution in [0.1, 0.15) is 64.2 Å². The molecule has 3 rings (SSSR count). The Morgan fingerprint density at radius 1 is 0.591 bits per heavy atom. The van der Waals surface area contributed by atoms with Gasteiger partial charge in [0.15, 0.2) is 0 Å². The van der Waals surface area contributed by atoms with Gasteiger partial charge in [-0.3, -0.25) is 0 Å². The summed E-state index contributed by atoms with van der Waals surface area (Å²) in [6.45, 7) is 0. The zero-order chi connectivity index (χ0) is 15.4. The molecule has 0 saturated heterocycles. The molecule has 2 aliphatic carbocycles.